The van der Waals surface area contributed by atoms with Crippen LogP contribution in [0.15, 0.2) is 72.0 Å². The number of hydrogen-bond acceptors (Lipinski definition) is 1. The molecule has 2 aromatic rings. The van der Waals surface area contributed by atoms with Crippen LogP contribution in [0.3, 0.4) is 0 Å². The minimum Gasteiger partial charge on any atom is -0.473 e. The zero-order chi connectivity index (χ0) is 16.2. The van der Waals surface area contributed by atoms with Gasteiger partial charge in [-0.15, -0.1) is 0 Å². The Morgan fingerprint density at radius 3 is 2.58 bits per heavy atom. The van der Waals surface area contributed by atoms with Gasteiger partial charge in [-0.25, -0.2) is 0 Å². The predicted octanol–water partition coefficient (Wildman–Crippen LogP) is 5.65. The summed E-state index contributed by atoms with van der Waals surface area (Å²) in [7, 11) is 0. The molecule has 1 aliphatic heterocycles. The fourth-order valence-corrected chi connectivity index (χ4v) is 3.25. The summed E-state index contributed by atoms with van der Waals surface area (Å²) in [6, 6.07) is 18.5. The van der Waals surface area contributed by atoms with Crippen molar-refractivity contribution in [3.8, 4) is 11.8 Å². The van der Waals surface area contributed by atoms with Gasteiger partial charge in [-0.3, -0.25) is 0 Å². The first-order chi connectivity index (χ1) is 11.9. The Morgan fingerprint density at radius 1 is 0.917 bits per heavy atom. The molecule has 24 heavy (non-hydrogen) atoms. The molecule has 1 nitrogen and oxygen atoms in total. The standard InChI is InChI=1S/C23H20O/c1-3-9-18(10-4-1)15-16-22-21-14-8-7-13-20(21)17-23(24-22)19-11-5-2-6-12-19/h1,3-4,7-11,13-14,17,22H,2,5-6,12H2. The fraction of sp³-hybridized carbons (Fsp3) is 0.217. The maximum Gasteiger partial charge on any atom is 0.185 e. The Kier molecular flexibility index (Phi) is 4.21. The molecule has 0 saturated heterocycles. The van der Waals surface area contributed by atoms with Gasteiger partial charge in [0, 0.05) is 11.1 Å². The average Bonchev–Trinajstić information content (AvgIpc) is 2.67. The van der Waals surface area contributed by atoms with Crippen molar-refractivity contribution in [2.75, 3.05) is 0 Å². The number of hydrogen-bond donors (Lipinski definition) is 0. The lowest BCUT2D eigenvalue weighted by molar-refractivity contribution is 0.167. The zero-order valence-electron chi connectivity index (χ0n) is 13.7. The van der Waals surface area contributed by atoms with E-state index in [1.807, 2.05) is 30.3 Å². The van der Waals surface area contributed by atoms with E-state index in [4.69, 9.17) is 4.74 Å². The van der Waals surface area contributed by atoms with Gasteiger partial charge in [-0.05, 0) is 60.9 Å². The number of fused-ring (bicyclic) bond motifs is 1. The molecule has 0 N–H and O–H groups in total. The van der Waals surface area contributed by atoms with Crippen molar-refractivity contribution in [1.82, 2.24) is 0 Å². The Morgan fingerprint density at radius 2 is 1.75 bits per heavy atom. The highest BCUT2D eigenvalue weighted by Gasteiger charge is 2.23. The van der Waals surface area contributed by atoms with Gasteiger partial charge in [0.1, 0.15) is 5.76 Å². The Bertz CT molecular complexity index is 846. The molecule has 1 aliphatic carbocycles. The highest BCUT2D eigenvalue weighted by atomic mass is 16.5. The first-order valence-corrected chi connectivity index (χ1v) is 8.63. The van der Waals surface area contributed by atoms with Crippen LogP contribution >= 0.6 is 0 Å². The first kappa shape index (κ1) is 14.8. The van der Waals surface area contributed by atoms with Crippen molar-refractivity contribution >= 4 is 6.08 Å². The Labute approximate surface area is 143 Å². The second-order valence-corrected chi connectivity index (χ2v) is 6.25. The average molecular weight is 312 g/mol. The molecular formula is C23H20O. The summed E-state index contributed by atoms with van der Waals surface area (Å²) in [5.74, 6) is 7.58. The van der Waals surface area contributed by atoms with Crippen molar-refractivity contribution in [2.45, 2.75) is 31.8 Å². The molecule has 1 heterocycles. The molecule has 1 atom stereocenters. The lowest BCUT2D eigenvalue weighted by Gasteiger charge is -2.26. The van der Waals surface area contributed by atoms with Gasteiger partial charge >= 0.3 is 0 Å². The van der Waals surface area contributed by atoms with E-state index in [0.717, 1.165) is 29.7 Å². The van der Waals surface area contributed by atoms with Crippen molar-refractivity contribution in [3.63, 3.8) is 0 Å². The summed E-state index contributed by atoms with van der Waals surface area (Å²) >= 11 is 0. The van der Waals surface area contributed by atoms with E-state index < -0.39 is 0 Å². The molecule has 0 amide bonds. The third kappa shape index (κ3) is 3.14. The van der Waals surface area contributed by atoms with Crippen molar-refractivity contribution in [1.29, 1.82) is 0 Å². The smallest absolute Gasteiger partial charge is 0.185 e. The van der Waals surface area contributed by atoms with Gasteiger partial charge in [0.2, 0.25) is 0 Å². The molecule has 2 aromatic carbocycles. The van der Waals surface area contributed by atoms with Crippen LogP contribution in [0.2, 0.25) is 0 Å². The molecule has 0 spiro atoms. The van der Waals surface area contributed by atoms with E-state index in [1.165, 1.54) is 24.0 Å². The number of rotatable bonds is 1. The van der Waals surface area contributed by atoms with Crippen LogP contribution in [0.5, 0.6) is 0 Å². The van der Waals surface area contributed by atoms with Crippen molar-refractivity contribution in [2.24, 2.45) is 0 Å². The molecular weight excluding hydrogens is 292 g/mol. The number of benzene rings is 2. The van der Waals surface area contributed by atoms with Crippen LogP contribution in [0.4, 0.5) is 0 Å². The van der Waals surface area contributed by atoms with Gasteiger partial charge in [-0.1, -0.05) is 54.5 Å². The van der Waals surface area contributed by atoms with E-state index in [0.29, 0.717) is 0 Å². The van der Waals surface area contributed by atoms with E-state index in [1.54, 1.807) is 0 Å². The largest absolute Gasteiger partial charge is 0.473 e. The molecule has 0 fully saturated rings. The third-order valence-corrected chi connectivity index (χ3v) is 4.54. The number of ether oxygens (including phenoxy) is 1. The SMILES string of the molecule is C(#CC1OC(C2=CCCCC2)=Cc2ccccc21)c1ccccc1. The van der Waals surface area contributed by atoms with E-state index in [-0.39, 0.29) is 6.10 Å². The quantitative estimate of drug-likeness (QED) is 0.618. The van der Waals surface area contributed by atoms with E-state index >= 15 is 0 Å². The van der Waals surface area contributed by atoms with Gasteiger partial charge in [0.05, 0.1) is 0 Å². The summed E-state index contributed by atoms with van der Waals surface area (Å²) in [6.07, 6.45) is 9.08. The van der Waals surface area contributed by atoms with Gasteiger partial charge in [0.25, 0.3) is 0 Å². The van der Waals surface area contributed by atoms with Gasteiger partial charge in [-0.2, -0.15) is 0 Å². The second kappa shape index (κ2) is 6.81. The molecule has 1 heteroatoms. The topological polar surface area (TPSA) is 9.23 Å². The van der Waals surface area contributed by atoms with Gasteiger partial charge < -0.3 is 4.74 Å². The highest BCUT2D eigenvalue weighted by molar-refractivity contribution is 5.63. The summed E-state index contributed by atoms with van der Waals surface area (Å²) in [6.45, 7) is 0. The minimum absolute atomic E-state index is 0.204. The van der Waals surface area contributed by atoms with Crippen LogP contribution in [0.25, 0.3) is 6.08 Å². The maximum absolute atomic E-state index is 6.29. The molecule has 0 saturated carbocycles. The zero-order valence-corrected chi connectivity index (χ0v) is 13.7. The molecule has 1 unspecified atom stereocenters. The van der Waals surface area contributed by atoms with Crippen LogP contribution in [-0.2, 0) is 4.74 Å². The molecule has 0 bridgehead atoms. The predicted molar refractivity (Wildman–Crippen MR) is 98.1 cm³/mol. The lowest BCUT2D eigenvalue weighted by atomic mass is 9.93. The number of allylic oxidation sites excluding steroid dienone is 2. The molecule has 0 aromatic heterocycles. The van der Waals surface area contributed by atoms with Crippen LogP contribution in [0, 0.1) is 11.8 Å². The summed E-state index contributed by atoms with van der Waals surface area (Å²) in [5, 5.41) is 0. The van der Waals surface area contributed by atoms with Crippen molar-refractivity contribution in [3.05, 3.63) is 88.7 Å². The third-order valence-electron chi connectivity index (χ3n) is 4.54. The molecule has 0 radical (unpaired) electrons. The van der Waals surface area contributed by atoms with Crippen LogP contribution < -0.4 is 0 Å². The molecule has 4 rings (SSSR count). The summed E-state index contributed by atoms with van der Waals surface area (Å²) < 4.78 is 6.29. The summed E-state index contributed by atoms with van der Waals surface area (Å²) in [4.78, 5) is 0. The summed E-state index contributed by atoms with van der Waals surface area (Å²) in [5.41, 5.74) is 4.73. The highest BCUT2D eigenvalue weighted by Crippen LogP contribution is 2.36. The fourth-order valence-electron chi connectivity index (χ4n) is 3.25. The van der Waals surface area contributed by atoms with Gasteiger partial charge in [0.15, 0.2) is 6.10 Å². The second-order valence-electron chi connectivity index (χ2n) is 6.25. The van der Waals surface area contributed by atoms with Crippen LogP contribution in [0.1, 0.15) is 48.5 Å². The van der Waals surface area contributed by atoms with Crippen molar-refractivity contribution < 1.29 is 4.74 Å². The normalized spacial score (nSPS) is 19.1. The monoisotopic (exact) mass is 312 g/mol. The maximum atomic E-state index is 6.29. The molecule has 2 aliphatic rings. The Hall–Kier alpha value is -2.72. The lowest BCUT2D eigenvalue weighted by Crippen LogP contribution is -2.11. The first-order valence-electron chi connectivity index (χ1n) is 8.63. The van der Waals surface area contributed by atoms with E-state index in [2.05, 4.69) is 48.3 Å². The van der Waals surface area contributed by atoms with E-state index in [9.17, 15) is 0 Å². The van der Waals surface area contributed by atoms with Crippen LogP contribution in [-0.4, -0.2) is 0 Å². The minimum atomic E-state index is -0.204. The molecule has 118 valence electrons. The Balaban J connectivity index is 1.69.